The highest BCUT2D eigenvalue weighted by Gasteiger charge is 2.12. The van der Waals surface area contributed by atoms with Gasteiger partial charge in [-0.05, 0) is 36.4 Å². The van der Waals surface area contributed by atoms with Gasteiger partial charge in [-0.25, -0.2) is 4.39 Å². The van der Waals surface area contributed by atoms with Crippen LogP contribution >= 0.6 is 34.8 Å². The lowest BCUT2D eigenvalue weighted by atomic mass is 10.2. The number of hydrogen-bond donors (Lipinski definition) is 2. The predicted octanol–water partition coefficient (Wildman–Crippen LogP) is 5.24. The van der Waals surface area contributed by atoms with E-state index in [0.717, 1.165) is 6.07 Å². The molecule has 4 nitrogen and oxygen atoms in total. The summed E-state index contributed by atoms with van der Waals surface area (Å²) in [7, 11) is 0. The van der Waals surface area contributed by atoms with Crippen LogP contribution in [-0.2, 0) is 4.79 Å². The predicted molar refractivity (Wildman–Crippen MR) is 93.8 cm³/mol. The molecule has 0 aliphatic heterocycles. The molecule has 0 saturated carbocycles. The van der Waals surface area contributed by atoms with Gasteiger partial charge in [0, 0.05) is 16.9 Å². The van der Waals surface area contributed by atoms with E-state index >= 15 is 0 Å². The van der Waals surface area contributed by atoms with Crippen LogP contribution in [0.15, 0.2) is 48.2 Å². The number of nitriles is 1. The summed E-state index contributed by atoms with van der Waals surface area (Å²) in [6.07, 6.45) is 1.18. The molecular weight excluding hydrogens is 376 g/mol. The first kappa shape index (κ1) is 18.1. The van der Waals surface area contributed by atoms with Crippen LogP contribution in [0, 0.1) is 17.1 Å². The summed E-state index contributed by atoms with van der Waals surface area (Å²) < 4.78 is 13.1. The summed E-state index contributed by atoms with van der Waals surface area (Å²) in [6.45, 7) is 0. The Morgan fingerprint density at radius 2 is 1.88 bits per heavy atom. The molecule has 0 aromatic heterocycles. The number of rotatable bonds is 4. The van der Waals surface area contributed by atoms with Crippen molar-refractivity contribution in [1.82, 2.24) is 0 Å². The SMILES string of the molecule is N#C/C(=C/Nc1ccc(F)c(Cl)c1)C(=O)Nc1cc(Cl)ccc1Cl. The Morgan fingerprint density at radius 1 is 1.12 bits per heavy atom. The van der Waals surface area contributed by atoms with Crippen molar-refractivity contribution in [2.45, 2.75) is 0 Å². The van der Waals surface area contributed by atoms with E-state index < -0.39 is 11.7 Å². The molecule has 0 radical (unpaired) electrons. The van der Waals surface area contributed by atoms with Gasteiger partial charge in [0.15, 0.2) is 0 Å². The molecule has 1 amide bonds. The standard InChI is InChI=1S/C16H9Cl3FN3O/c17-10-1-3-12(18)15(5-10)23-16(24)9(7-21)8-22-11-2-4-14(20)13(19)6-11/h1-6,8,22H,(H,23,24)/b9-8-. The highest BCUT2D eigenvalue weighted by atomic mass is 35.5. The molecule has 2 N–H and O–H groups in total. The average molecular weight is 385 g/mol. The van der Waals surface area contributed by atoms with Crippen LogP contribution in [-0.4, -0.2) is 5.91 Å². The second-order valence-electron chi connectivity index (χ2n) is 4.52. The lowest BCUT2D eigenvalue weighted by molar-refractivity contribution is -0.112. The fourth-order valence-electron chi connectivity index (χ4n) is 1.67. The zero-order valence-corrected chi connectivity index (χ0v) is 14.2. The van der Waals surface area contributed by atoms with Gasteiger partial charge in [-0.15, -0.1) is 0 Å². The van der Waals surface area contributed by atoms with Crippen LogP contribution in [0.25, 0.3) is 0 Å². The Hall–Kier alpha value is -2.26. The third-order valence-corrected chi connectivity index (χ3v) is 3.70. The van der Waals surface area contributed by atoms with Crippen LogP contribution in [0.4, 0.5) is 15.8 Å². The molecule has 0 saturated heterocycles. The van der Waals surface area contributed by atoms with Crippen molar-refractivity contribution in [3.8, 4) is 6.07 Å². The Labute approximate surface area is 152 Å². The molecular formula is C16H9Cl3FN3O. The van der Waals surface area contributed by atoms with E-state index in [1.54, 1.807) is 12.1 Å². The number of hydrogen-bond acceptors (Lipinski definition) is 3. The second kappa shape index (κ2) is 8.02. The van der Waals surface area contributed by atoms with Crippen LogP contribution in [0.2, 0.25) is 15.1 Å². The molecule has 0 aliphatic rings. The number of anilines is 2. The molecule has 0 heterocycles. The van der Waals surface area contributed by atoms with E-state index in [1.165, 1.54) is 30.5 Å². The van der Waals surface area contributed by atoms with Crippen molar-refractivity contribution in [2.24, 2.45) is 0 Å². The largest absolute Gasteiger partial charge is 0.360 e. The Balaban J connectivity index is 2.15. The summed E-state index contributed by atoms with van der Waals surface area (Å²) in [5, 5.41) is 14.9. The van der Waals surface area contributed by atoms with E-state index in [4.69, 9.17) is 40.1 Å². The van der Waals surface area contributed by atoms with Gasteiger partial charge in [-0.1, -0.05) is 34.8 Å². The lowest BCUT2D eigenvalue weighted by Gasteiger charge is -2.07. The van der Waals surface area contributed by atoms with E-state index in [0.29, 0.717) is 10.7 Å². The first-order valence-electron chi connectivity index (χ1n) is 6.49. The molecule has 0 spiro atoms. The van der Waals surface area contributed by atoms with Gasteiger partial charge in [0.05, 0.1) is 15.7 Å². The molecule has 0 unspecified atom stereocenters. The van der Waals surface area contributed by atoms with Crippen molar-refractivity contribution >= 4 is 52.1 Å². The molecule has 8 heteroatoms. The molecule has 24 heavy (non-hydrogen) atoms. The van der Waals surface area contributed by atoms with Gasteiger partial charge in [-0.2, -0.15) is 5.26 Å². The molecule has 0 aliphatic carbocycles. The maximum Gasteiger partial charge on any atom is 0.267 e. The number of halogens is 4. The maximum atomic E-state index is 13.1. The molecule has 2 rings (SSSR count). The van der Waals surface area contributed by atoms with Crippen molar-refractivity contribution < 1.29 is 9.18 Å². The number of carbonyl (C=O) groups excluding carboxylic acids is 1. The van der Waals surface area contributed by atoms with Gasteiger partial charge in [0.1, 0.15) is 17.5 Å². The zero-order chi connectivity index (χ0) is 17.7. The normalized spacial score (nSPS) is 10.9. The Bertz CT molecular complexity index is 862. The Morgan fingerprint density at radius 3 is 2.54 bits per heavy atom. The number of carbonyl (C=O) groups is 1. The van der Waals surface area contributed by atoms with E-state index in [1.807, 2.05) is 0 Å². The van der Waals surface area contributed by atoms with Crippen molar-refractivity contribution in [1.29, 1.82) is 5.26 Å². The molecule has 122 valence electrons. The minimum atomic E-state index is -0.678. The summed E-state index contributed by atoms with van der Waals surface area (Å²) in [5.74, 6) is -1.25. The number of nitrogens with one attached hydrogen (secondary N) is 2. The van der Waals surface area contributed by atoms with Crippen LogP contribution in [0.5, 0.6) is 0 Å². The van der Waals surface area contributed by atoms with Gasteiger partial charge in [0.25, 0.3) is 5.91 Å². The van der Waals surface area contributed by atoms with Gasteiger partial charge in [-0.3, -0.25) is 4.79 Å². The van der Waals surface area contributed by atoms with Gasteiger partial charge < -0.3 is 10.6 Å². The number of benzene rings is 2. The number of nitrogens with zero attached hydrogens (tertiary/aromatic N) is 1. The fourth-order valence-corrected chi connectivity index (χ4v) is 2.19. The Kier molecular flexibility index (Phi) is 6.04. The van der Waals surface area contributed by atoms with Crippen molar-refractivity contribution in [3.63, 3.8) is 0 Å². The molecule has 0 bridgehead atoms. The van der Waals surface area contributed by atoms with Crippen molar-refractivity contribution in [3.05, 3.63) is 69.1 Å². The minimum absolute atomic E-state index is 0.0814. The van der Waals surface area contributed by atoms with Gasteiger partial charge >= 0.3 is 0 Å². The third-order valence-electron chi connectivity index (χ3n) is 2.84. The zero-order valence-electron chi connectivity index (χ0n) is 11.9. The fraction of sp³-hybridized carbons (Fsp3) is 0. The van der Waals surface area contributed by atoms with Crippen molar-refractivity contribution in [2.75, 3.05) is 10.6 Å². The molecule has 0 atom stereocenters. The monoisotopic (exact) mass is 383 g/mol. The summed E-state index contributed by atoms with van der Waals surface area (Å²) in [5.41, 5.74) is 0.481. The van der Waals surface area contributed by atoms with Crippen LogP contribution in [0.3, 0.4) is 0 Å². The highest BCUT2D eigenvalue weighted by Crippen LogP contribution is 2.26. The number of amides is 1. The second-order valence-corrected chi connectivity index (χ2v) is 5.77. The third kappa shape index (κ3) is 4.62. The van der Waals surface area contributed by atoms with Gasteiger partial charge in [0.2, 0.25) is 0 Å². The highest BCUT2D eigenvalue weighted by molar-refractivity contribution is 6.36. The quantitative estimate of drug-likeness (QED) is 0.559. The minimum Gasteiger partial charge on any atom is -0.360 e. The van der Waals surface area contributed by atoms with Crippen LogP contribution in [0.1, 0.15) is 0 Å². The summed E-state index contributed by atoms with van der Waals surface area (Å²) >= 11 is 17.4. The molecule has 2 aromatic carbocycles. The maximum absolute atomic E-state index is 13.1. The average Bonchev–Trinajstić information content (AvgIpc) is 2.55. The molecule has 2 aromatic rings. The van der Waals surface area contributed by atoms with E-state index in [-0.39, 0.29) is 21.3 Å². The van der Waals surface area contributed by atoms with E-state index in [9.17, 15) is 9.18 Å². The summed E-state index contributed by atoms with van der Waals surface area (Å²) in [4.78, 5) is 12.1. The van der Waals surface area contributed by atoms with Crippen LogP contribution < -0.4 is 10.6 Å². The topological polar surface area (TPSA) is 64.9 Å². The first-order chi connectivity index (χ1) is 11.4. The lowest BCUT2D eigenvalue weighted by Crippen LogP contribution is -2.14. The summed E-state index contributed by atoms with van der Waals surface area (Å²) in [6, 6.07) is 10.2. The smallest absolute Gasteiger partial charge is 0.267 e. The molecule has 0 fully saturated rings. The van der Waals surface area contributed by atoms with E-state index in [2.05, 4.69) is 10.6 Å². The first-order valence-corrected chi connectivity index (χ1v) is 7.62.